The highest BCUT2D eigenvalue weighted by Gasteiger charge is 2.50. The molecule has 2 fully saturated rings. The van der Waals surface area contributed by atoms with Crippen molar-refractivity contribution >= 4 is 5.97 Å². The van der Waals surface area contributed by atoms with Gasteiger partial charge in [-0.1, -0.05) is 13.8 Å². The zero-order valence-corrected chi connectivity index (χ0v) is 12.5. The van der Waals surface area contributed by atoms with E-state index >= 15 is 0 Å². The second-order valence-corrected chi connectivity index (χ2v) is 6.68. The molecule has 1 saturated carbocycles. The molecule has 0 spiro atoms. The molecule has 0 aromatic rings. The summed E-state index contributed by atoms with van der Waals surface area (Å²) in [7, 11) is 0. The molecule has 2 aliphatic rings. The lowest BCUT2D eigenvalue weighted by Gasteiger charge is -2.39. The lowest BCUT2D eigenvalue weighted by molar-refractivity contribution is -0.151. The van der Waals surface area contributed by atoms with Crippen molar-refractivity contribution in [3.05, 3.63) is 0 Å². The van der Waals surface area contributed by atoms with Crippen molar-refractivity contribution in [2.24, 2.45) is 23.5 Å². The maximum Gasteiger partial charge on any atom is 0.327 e. The first-order chi connectivity index (χ1) is 8.95. The number of ether oxygens (including phenoxy) is 1. The third-order valence-corrected chi connectivity index (χ3v) is 4.39. The zero-order valence-electron chi connectivity index (χ0n) is 12.5. The van der Waals surface area contributed by atoms with Crippen molar-refractivity contribution in [1.82, 2.24) is 4.90 Å². The van der Waals surface area contributed by atoms with E-state index in [-0.39, 0.29) is 5.97 Å². The number of hydrogen-bond donors (Lipinski definition) is 1. The van der Waals surface area contributed by atoms with Gasteiger partial charge in [0, 0.05) is 19.6 Å². The Morgan fingerprint density at radius 1 is 1.32 bits per heavy atom. The molecule has 19 heavy (non-hydrogen) atoms. The van der Waals surface area contributed by atoms with E-state index in [1.807, 2.05) is 6.92 Å². The summed E-state index contributed by atoms with van der Waals surface area (Å²) in [5, 5.41) is 0. The number of carbonyl (C=O) groups is 1. The van der Waals surface area contributed by atoms with Crippen molar-refractivity contribution in [2.75, 3.05) is 26.2 Å². The molecule has 2 N–H and O–H groups in total. The van der Waals surface area contributed by atoms with Crippen LogP contribution in [0, 0.1) is 17.8 Å². The van der Waals surface area contributed by atoms with Crippen LogP contribution in [0.1, 0.15) is 40.0 Å². The number of rotatable bonds is 5. The van der Waals surface area contributed by atoms with Gasteiger partial charge in [-0.05, 0) is 43.9 Å². The minimum Gasteiger partial charge on any atom is -0.465 e. The first-order valence-corrected chi connectivity index (χ1v) is 7.64. The molecule has 0 aromatic carbocycles. The summed E-state index contributed by atoms with van der Waals surface area (Å²) >= 11 is 0. The van der Waals surface area contributed by atoms with Crippen LogP contribution in [0.2, 0.25) is 0 Å². The Labute approximate surface area is 116 Å². The molecular weight excluding hydrogens is 240 g/mol. The molecular formula is C15H28N2O2. The Morgan fingerprint density at radius 3 is 2.37 bits per heavy atom. The summed E-state index contributed by atoms with van der Waals surface area (Å²) in [4.78, 5) is 14.6. The van der Waals surface area contributed by atoms with E-state index < -0.39 is 5.54 Å². The minimum absolute atomic E-state index is 0.205. The fourth-order valence-corrected chi connectivity index (χ4v) is 3.52. The van der Waals surface area contributed by atoms with E-state index in [1.165, 1.54) is 6.42 Å². The van der Waals surface area contributed by atoms with Gasteiger partial charge in [-0.15, -0.1) is 0 Å². The largest absolute Gasteiger partial charge is 0.465 e. The van der Waals surface area contributed by atoms with Crippen molar-refractivity contribution < 1.29 is 9.53 Å². The van der Waals surface area contributed by atoms with Crippen LogP contribution >= 0.6 is 0 Å². The molecule has 0 aromatic heterocycles. The van der Waals surface area contributed by atoms with Crippen LogP contribution in [0.4, 0.5) is 0 Å². The van der Waals surface area contributed by atoms with Gasteiger partial charge >= 0.3 is 5.97 Å². The molecule has 0 amide bonds. The quantitative estimate of drug-likeness (QED) is 0.770. The molecule has 2 rings (SSSR count). The van der Waals surface area contributed by atoms with Crippen molar-refractivity contribution in [2.45, 2.75) is 45.6 Å². The fourth-order valence-electron chi connectivity index (χ4n) is 3.52. The number of carbonyl (C=O) groups excluding carboxylic acids is 1. The highest BCUT2D eigenvalue weighted by atomic mass is 16.5. The van der Waals surface area contributed by atoms with Gasteiger partial charge in [0.05, 0.1) is 6.61 Å². The topological polar surface area (TPSA) is 55.6 Å². The molecule has 4 heteroatoms. The monoisotopic (exact) mass is 268 g/mol. The summed E-state index contributed by atoms with van der Waals surface area (Å²) < 4.78 is 5.21. The van der Waals surface area contributed by atoms with Crippen LogP contribution in [0.5, 0.6) is 0 Å². The van der Waals surface area contributed by atoms with Gasteiger partial charge in [-0.25, -0.2) is 4.79 Å². The Morgan fingerprint density at radius 2 is 1.89 bits per heavy atom. The van der Waals surface area contributed by atoms with Crippen LogP contribution in [0.15, 0.2) is 0 Å². The van der Waals surface area contributed by atoms with E-state index in [9.17, 15) is 4.79 Å². The molecule has 4 nitrogen and oxygen atoms in total. The average molecular weight is 268 g/mol. The molecule has 3 unspecified atom stereocenters. The summed E-state index contributed by atoms with van der Waals surface area (Å²) in [6.07, 6.45) is 3.40. The van der Waals surface area contributed by atoms with Gasteiger partial charge in [0.1, 0.15) is 5.54 Å². The van der Waals surface area contributed by atoms with Crippen LogP contribution in [-0.2, 0) is 9.53 Å². The maximum atomic E-state index is 12.2. The van der Waals surface area contributed by atoms with Crippen LogP contribution in [0.25, 0.3) is 0 Å². The van der Waals surface area contributed by atoms with Gasteiger partial charge < -0.3 is 15.4 Å². The molecule has 0 bridgehead atoms. The molecule has 0 radical (unpaired) electrons. The van der Waals surface area contributed by atoms with Crippen molar-refractivity contribution in [3.8, 4) is 0 Å². The second kappa shape index (κ2) is 5.80. The highest BCUT2D eigenvalue weighted by Crippen LogP contribution is 2.40. The van der Waals surface area contributed by atoms with Crippen LogP contribution < -0.4 is 5.73 Å². The number of hydrogen-bond acceptors (Lipinski definition) is 4. The first kappa shape index (κ1) is 14.8. The first-order valence-electron chi connectivity index (χ1n) is 7.64. The predicted molar refractivity (Wildman–Crippen MR) is 75.7 cm³/mol. The van der Waals surface area contributed by atoms with Gasteiger partial charge in [-0.2, -0.15) is 0 Å². The smallest absolute Gasteiger partial charge is 0.327 e. The Bertz CT molecular complexity index is 320. The third-order valence-electron chi connectivity index (χ3n) is 4.39. The molecule has 1 heterocycles. The lowest BCUT2D eigenvalue weighted by Crippen LogP contribution is -2.60. The van der Waals surface area contributed by atoms with Crippen LogP contribution in [-0.4, -0.2) is 42.6 Å². The Kier molecular flexibility index (Phi) is 4.51. The number of nitrogens with two attached hydrogens (primary N) is 1. The van der Waals surface area contributed by atoms with Crippen molar-refractivity contribution in [3.63, 3.8) is 0 Å². The Balaban J connectivity index is 2.01. The minimum atomic E-state index is -0.785. The fraction of sp³-hybridized carbons (Fsp3) is 0.933. The highest BCUT2D eigenvalue weighted by molar-refractivity contribution is 5.82. The van der Waals surface area contributed by atoms with E-state index in [1.54, 1.807) is 0 Å². The molecule has 1 aliphatic carbocycles. The van der Waals surface area contributed by atoms with Gasteiger partial charge in [0.15, 0.2) is 0 Å². The maximum absolute atomic E-state index is 12.2. The molecule has 3 atom stereocenters. The predicted octanol–water partition coefficient (Wildman–Crippen LogP) is 1.63. The summed E-state index contributed by atoms with van der Waals surface area (Å²) in [6, 6.07) is 0. The van der Waals surface area contributed by atoms with E-state index in [0.29, 0.717) is 30.9 Å². The molecule has 1 aliphatic heterocycles. The Hall–Kier alpha value is -0.610. The number of piperidine rings is 1. The normalized spacial score (nSPS) is 31.8. The molecule has 110 valence electrons. The summed E-state index contributed by atoms with van der Waals surface area (Å²) in [5.41, 5.74) is 5.65. The lowest BCUT2D eigenvalue weighted by atomic mass is 9.88. The van der Waals surface area contributed by atoms with Gasteiger partial charge in [0.25, 0.3) is 0 Å². The summed E-state index contributed by atoms with van der Waals surface area (Å²) in [6.45, 7) is 9.58. The average Bonchev–Trinajstić information content (AvgIpc) is 3.11. The van der Waals surface area contributed by atoms with Gasteiger partial charge in [0.2, 0.25) is 0 Å². The third kappa shape index (κ3) is 3.48. The van der Waals surface area contributed by atoms with Gasteiger partial charge in [-0.3, -0.25) is 0 Å². The SMILES string of the molecule is CCOC(=O)C(N)(CN1CC(C)CC(C)C1)C1CC1. The number of esters is 1. The number of likely N-dealkylation sites (tertiary alicyclic amines) is 1. The molecule has 1 saturated heterocycles. The van der Waals surface area contributed by atoms with E-state index in [2.05, 4.69) is 18.7 Å². The van der Waals surface area contributed by atoms with Crippen molar-refractivity contribution in [1.29, 1.82) is 0 Å². The zero-order chi connectivity index (χ0) is 14.0. The van der Waals surface area contributed by atoms with Crippen LogP contribution in [0.3, 0.4) is 0 Å². The summed E-state index contributed by atoms with van der Waals surface area (Å²) in [5.74, 6) is 1.49. The number of nitrogens with zero attached hydrogens (tertiary/aromatic N) is 1. The standard InChI is InChI=1S/C15H28N2O2/c1-4-19-14(18)15(16,13-5-6-13)10-17-8-11(2)7-12(3)9-17/h11-13H,4-10,16H2,1-3H3. The van der Waals surface area contributed by atoms with E-state index in [0.717, 1.165) is 25.9 Å². The van der Waals surface area contributed by atoms with E-state index in [4.69, 9.17) is 10.5 Å². The second-order valence-electron chi connectivity index (χ2n) is 6.68.